The number of aliphatic hydroxyl groups excluding tert-OH is 1. The largest absolute Gasteiger partial charge is 0.393 e. The van der Waals surface area contributed by atoms with Crippen molar-refractivity contribution in [3.8, 4) is 0 Å². The standard InChI is InChI=1S/C17H29NOS/c1-13(2)14-6-7-17(19)15(11-14)12-18(3)9-8-16-5-4-10-20-16/h4-5,10,13-15,17,19H,6-9,11-12H2,1-3H3. The molecular formula is C17H29NOS. The molecule has 0 aliphatic heterocycles. The van der Waals surface area contributed by atoms with E-state index < -0.39 is 0 Å². The predicted molar refractivity (Wildman–Crippen MR) is 87.2 cm³/mol. The Morgan fingerprint density at radius 2 is 2.20 bits per heavy atom. The number of hydrogen-bond donors (Lipinski definition) is 1. The molecule has 0 spiro atoms. The molecule has 0 radical (unpaired) electrons. The van der Waals surface area contributed by atoms with E-state index >= 15 is 0 Å². The highest BCUT2D eigenvalue weighted by Crippen LogP contribution is 2.34. The molecule has 3 unspecified atom stereocenters. The van der Waals surface area contributed by atoms with Crippen molar-refractivity contribution in [3.63, 3.8) is 0 Å². The fourth-order valence-electron chi connectivity index (χ4n) is 3.33. The van der Waals surface area contributed by atoms with Crippen LogP contribution in [0.3, 0.4) is 0 Å². The Hall–Kier alpha value is -0.380. The van der Waals surface area contributed by atoms with Crippen molar-refractivity contribution >= 4 is 11.3 Å². The van der Waals surface area contributed by atoms with E-state index in [9.17, 15) is 5.11 Å². The van der Waals surface area contributed by atoms with Gasteiger partial charge in [0.15, 0.2) is 0 Å². The zero-order valence-corrected chi connectivity index (χ0v) is 13.9. The molecule has 2 nitrogen and oxygen atoms in total. The second-order valence-corrected chi connectivity index (χ2v) is 7.77. The SMILES string of the molecule is CC(C)C1CCC(O)C(CN(C)CCc2cccs2)C1. The van der Waals surface area contributed by atoms with E-state index in [-0.39, 0.29) is 6.10 Å². The predicted octanol–water partition coefficient (Wildman–Crippen LogP) is 3.66. The lowest BCUT2D eigenvalue weighted by atomic mass is 9.74. The Bertz CT molecular complexity index is 376. The first-order valence-corrected chi connectivity index (χ1v) is 8.83. The molecule has 1 aliphatic rings. The summed E-state index contributed by atoms with van der Waals surface area (Å²) in [7, 11) is 2.19. The van der Waals surface area contributed by atoms with Crippen molar-refractivity contribution < 1.29 is 5.11 Å². The van der Waals surface area contributed by atoms with Gasteiger partial charge in [-0.2, -0.15) is 0 Å². The lowest BCUT2D eigenvalue weighted by Crippen LogP contribution is -2.39. The van der Waals surface area contributed by atoms with Crippen LogP contribution in [0.1, 0.15) is 38.0 Å². The number of hydrogen-bond acceptors (Lipinski definition) is 3. The molecule has 3 heteroatoms. The summed E-state index contributed by atoms with van der Waals surface area (Å²) in [6.07, 6.45) is 4.43. The minimum Gasteiger partial charge on any atom is -0.393 e. The summed E-state index contributed by atoms with van der Waals surface area (Å²) in [5.74, 6) is 2.01. The third kappa shape index (κ3) is 4.57. The Morgan fingerprint density at radius 3 is 2.85 bits per heavy atom. The normalized spacial score (nSPS) is 27.4. The van der Waals surface area contributed by atoms with Gasteiger partial charge in [-0.3, -0.25) is 0 Å². The van der Waals surface area contributed by atoms with Crippen LogP contribution < -0.4 is 0 Å². The molecule has 2 rings (SSSR count). The van der Waals surface area contributed by atoms with Crippen LogP contribution in [0, 0.1) is 17.8 Å². The fourth-order valence-corrected chi connectivity index (χ4v) is 4.03. The van der Waals surface area contributed by atoms with Crippen molar-refractivity contribution in [2.24, 2.45) is 17.8 Å². The van der Waals surface area contributed by atoms with Gasteiger partial charge in [0.05, 0.1) is 6.10 Å². The minimum atomic E-state index is -0.0887. The van der Waals surface area contributed by atoms with E-state index in [0.29, 0.717) is 5.92 Å². The maximum atomic E-state index is 10.2. The highest BCUT2D eigenvalue weighted by atomic mass is 32.1. The lowest BCUT2D eigenvalue weighted by molar-refractivity contribution is 0.0226. The monoisotopic (exact) mass is 295 g/mol. The molecule has 0 amide bonds. The molecule has 1 aromatic rings. The van der Waals surface area contributed by atoms with Crippen LogP contribution in [-0.2, 0) is 6.42 Å². The lowest BCUT2D eigenvalue weighted by Gasteiger charge is -2.37. The zero-order chi connectivity index (χ0) is 14.5. The van der Waals surface area contributed by atoms with Gasteiger partial charge in [-0.25, -0.2) is 0 Å². The van der Waals surface area contributed by atoms with Crippen molar-refractivity contribution in [2.45, 2.75) is 45.6 Å². The summed E-state index contributed by atoms with van der Waals surface area (Å²) >= 11 is 1.84. The Labute approximate surface area is 127 Å². The second-order valence-electron chi connectivity index (χ2n) is 6.74. The van der Waals surface area contributed by atoms with Gasteiger partial charge in [-0.1, -0.05) is 19.9 Å². The van der Waals surface area contributed by atoms with Crippen molar-refractivity contribution in [2.75, 3.05) is 20.1 Å². The molecule has 1 N–H and O–H groups in total. The van der Waals surface area contributed by atoms with Crippen molar-refractivity contribution in [1.29, 1.82) is 0 Å². The van der Waals surface area contributed by atoms with Crippen LogP contribution in [0.15, 0.2) is 17.5 Å². The van der Waals surface area contributed by atoms with E-state index in [2.05, 4.69) is 43.3 Å². The summed E-state index contributed by atoms with van der Waals surface area (Å²) in [5, 5.41) is 12.4. The quantitative estimate of drug-likeness (QED) is 0.866. The van der Waals surface area contributed by atoms with Crippen molar-refractivity contribution in [3.05, 3.63) is 22.4 Å². The molecule has 0 bridgehead atoms. The molecule has 1 saturated carbocycles. The molecule has 20 heavy (non-hydrogen) atoms. The van der Waals surface area contributed by atoms with Crippen LogP contribution in [0.25, 0.3) is 0 Å². The van der Waals surface area contributed by atoms with Gasteiger partial charge < -0.3 is 10.0 Å². The summed E-state index contributed by atoms with van der Waals surface area (Å²) in [5.41, 5.74) is 0. The second kappa shape index (κ2) is 7.58. The Balaban J connectivity index is 1.78. The number of likely N-dealkylation sites (N-methyl/N-ethyl adjacent to an activating group) is 1. The average Bonchev–Trinajstić information content (AvgIpc) is 2.92. The van der Waals surface area contributed by atoms with Gasteiger partial charge in [0, 0.05) is 18.0 Å². The molecule has 1 aliphatic carbocycles. The zero-order valence-electron chi connectivity index (χ0n) is 13.1. The maximum Gasteiger partial charge on any atom is 0.0580 e. The van der Waals surface area contributed by atoms with E-state index in [4.69, 9.17) is 0 Å². The van der Waals surface area contributed by atoms with Crippen LogP contribution in [0.2, 0.25) is 0 Å². The van der Waals surface area contributed by atoms with E-state index in [1.165, 1.54) is 17.7 Å². The van der Waals surface area contributed by atoms with Gasteiger partial charge >= 0.3 is 0 Å². The molecule has 0 saturated heterocycles. The summed E-state index contributed by atoms with van der Waals surface area (Å²) in [4.78, 5) is 3.86. The van der Waals surface area contributed by atoms with Gasteiger partial charge in [0.2, 0.25) is 0 Å². The molecule has 1 fully saturated rings. The number of nitrogens with zero attached hydrogens (tertiary/aromatic N) is 1. The third-order valence-corrected chi connectivity index (χ3v) is 5.73. The molecular weight excluding hydrogens is 266 g/mol. The van der Waals surface area contributed by atoms with Crippen molar-refractivity contribution in [1.82, 2.24) is 4.90 Å². The molecule has 3 atom stereocenters. The molecule has 114 valence electrons. The first-order valence-electron chi connectivity index (χ1n) is 7.95. The molecule has 1 heterocycles. The number of aliphatic hydroxyl groups is 1. The third-order valence-electron chi connectivity index (χ3n) is 4.79. The first kappa shape index (κ1) is 16.0. The van der Waals surface area contributed by atoms with E-state index in [1.807, 2.05) is 11.3 Å². The Morgan fingerprint density at radius 1 is 1.40 bits per heavy atom. The van der Waals surface area contributed by atoms with Gasteiger partial charge in [-0.05, 0) is 61.9 Å². The molecule has 0 aromatic carbocycles. The molecule has 1 aromatic heterocycles. The Kier molecular flexibility index (Phi) is 6.06. The van der Waals surface area contributed by atoms with Gasteiger partial charge in [0.1, 0.15) is 0 Å². The van der Waals surface area contributed by atoms with E-state index in [0.717, 1.165) is 37.8 Å². The minimum absolute atomic E-state index is 0.0887. The van der Waals surface area contributed by atoms with Crippen LogP contribution in [0.4, 0.5) is 0 Å². The summed E-state index contributed by atoms with van der Waals surface area (Å²) in [6, 6.07) is 4.33. The van der Waals surface area contributed by atoms with E-state index in [1.54, 1.807) is 0 Å². The van der Waals surface area contributed by atoms with Gasteiger partial charge in [0.25, 0.3) is 0 Å². The average molecular weight is 295 g/mol. The smallest absolute Gasteiger partial charge is 0.0580 e. The number of thiophene rings is 1. The van der Waals surface area contributed by atoms with Crippen LogP contribution in [-0.4, -0.2) is 36.2 Å². The van der Waals surface area contributed by atoms with Crippen LogP contribution in [0.5, 0.6) is 0 Å². The van der Waals surface area contributed by atoms with Crippen LogP contribution >= 0.6 is 11.3 Å². The number of rotatable bonds is 6. The first-order chi connectivity index (χ1) is 9.56. The maximum absolute atomic E-state index is 10.2. The highest BCUT2D eigenvalue weighted by Gasteiger charge is 2.31. The topological polar surface area (TPSA) is 23.5 Å². The summed E-state index contributed by atoms with van der Waals surface area (Å²) < 4.78 is 0. The highest BCUT2D eigenvalue weighted by molar-refractivity contribution is 7.09. The summed E-state index contributed by atoms with van der Waals surface area (Å²) in [6.45, 7) is 6.77. The van der Waals surface area contributed by atoms with Gasteiger partial charge in [-0.15, -0.1) is 11.3 Å². The fraction of sp³-hybridized carbons (Fsp3) is 0.765.